The largest absolute Gasteiger partial charge is 0.354 e. The predicted octanol–water partition coefficient (Wildman–Crippen LogP) is 2.47. The highest BCUT2D eigenvalue weighted by molar-refractivity contribution is 6.30. The Kier molecular flexibility index (Phi) is 7.02. The molecule has 2 aromatic rings. The standard InChI is InChI=1S/C16H19ClN4O2.ClH/c17-13-5-3-12(4-6-13)16-20-15(23-21-16)7-8-19-14(22)10-18-9-11-1-2-11;/h3-6,11,18H,1-2,7-10H2,(H,19,22);1H. The Morgan fingerprint density at radius 3 is 2.75 bits per heavy atom. The van der Waals surface area contributed by atoms with Crippen molar-refractivity contribution in [2.75, 3.05) is 19.6 Å². The molecule has 1 heterocycles. The number of nitrogens with zero attached hydrogens (tertiary/aromatic N) is 2. The average Bonchev–Trinajstić information content (AvgIpc) is 3.25. The maximum atomic E-state index is 11.6. The van der Waals surface area contributed by atoms with E-state index in [1.54, 1.807) is 12.1 Å². The molecule has 1 aromatic heterocycles. The molecule has 1 saturated carbocycles. The van der Waals surface area contributed by atoms with E-state index in [2.05, 4.69) is 20.8 Å². The zero-order valence-electron chi connectivity index (χ0n) is 13.1. The zero-order chi connectivity index (χ0) is 16.1. The molecule has 2 N–H and O–H groups in total. The van der Waals surface area contributed by atoms with Crippen LogP contribution >= 0.6 is 24.0 Å². The highest BCUT2D eigenvalue weighted by Gasteiger charge is 2.20. The van der Waals surface area contributed by atoms with E-state index in [-0.39, 0.29) is 18.3 Å². The molecule has 3 rings (SSSR count). The van der Waals surface area contributed by atoms with Crippen LogP contribution in [0.4, 0.5) is 0 Å². The number of aromatic nitrogens is 2. The molecule has 0 aliphatic heterocycles. The van der Waals surface area contributed by atoms with Crippen LogP contribution in [0.15, 0.2) is 28.8 Å². The first-order chi connectivity index (χ1) is 11.2. The van der Waals surface area contributed by atoms with E-state index in [9.17, 15) is 4.79 Å². The number of carbonyl (C=O) groups is 1. The first-order valence-corrected chi connectivity index (χ1v) is 8.14. The summed E-state index contributed by atoms with van der Waals surface area (Å²) >= 11 is 5.85. The van der Waals surface area contributed by atoms with Crippen molar-refractivity contribution in [3.63, 3.8) is 0 Å². The van der Waals surface area contributed by atoms with Crippen LogP contribution in [0, 0.1) is 5.92 Å². The molecule has 24 heavy (non-hydrogen) atoms. The van der Waals surface area contributed by atoms with Crippen molar-refractivity contribution in [3.05, 3.63) is 35.2 Å². The van der Waals surface area contributed by atoms with E-state index in [0.717, 1.165) is 18.0 Å². The molecule has 1 fully saturated rings. The van der Waals surface area contributed by atoms with E-state index >= 15 is 0 Å². The monoisotopic (exact) mass is 370 g/mol. The van der Waals surface area contributed by atoms with Crippen molar-refractivity contribution >= 4 is 29.9 Å². The Balaban J connectivity index is 0.00000208. The third kappa shape index (κ3) is 5.78. The van der Waals surface area contributed by atoms with Gasteiger partial charge in [-0.25, -0.2) is 0 Å². The molecule has 1 aromatic carbocycles. The Hall–Kier alpha value is -1.63. The number of amides is 1. The van der Waals surface area contributed by atoms with E-state index in [0.29, 0.717) is 36.2 Å². The molecule has 1 aliphatic carbocycles. The molecule has 0 atom stereocenters. The second-order valence-corrected chi connectivity index (χ2v) is 6.13. The normalized spacial score (nSPS) is 13.4. The number of hydrogen-bond donors (Lipinski definition) is 2. The lowest BCUT2D eigenvalue weighted by Gasteiger charge is -2.04. The molecule has 1 amide bonds. The minimum atomic E-state index is -0.0110. The van der Waals surface area contributed by atoms with Crippen LogP contribution in [0.5, 0.6) is 0 Å². The van der Waals surface area contributed by atoms with Crippen LogP contribution in [0.3, 0.4) is 0 Å². The van der Waals surface area contributed by atoms with E-state index in [1.165, 1.54) is 12.8 Å². The number of hydrogen-bond acceptors (Lipinski definition) is 5. The highest BCUT2D eigenvalue weighted by Crippen LogP contribution is 2.27. The Bertz CT molecular complexity index is 656. The number of rotatable bonds is 8. The molecular weight excluding hydrogens is 351 g/mol. The first kappa shape index (κ1) is 18.7. The van der Waals surface area contributed by atoms with Crippen molar-refractivity contribution in [2.24, 2.45) is 5.92 Å². The fraction of sp³-hybridized carbons (Fsp3) is 0.438. The number of nitrogens with one attached hydrogen (secondary N) is 2. The van der Waals surface area contributed by atoms with Gasteiger partial charge in [0.15, 0.2) is 0 Å². The molecular formula is C16H20Cl2N4O2. The molecule has 0 bridgehead atoms. The minimum Gasteiger partial charge on any atom is -0.354 e. The second kappa shape index (κ2) is 9.01. The van der Waals surface area contributed by atoms with Crippen molar-refractivity contribution < 1.29 is 9.32 Å². The molecule has 0 spiro atoms. The molecule has 6 nitrogen and oxygen atoms in total. The SMILES string of the molecule is Cl.O=C(CNCC1CC1)NCCc1nc(-c2ccc(Cl)cc2)no1. The van der Waals surface area contributed by atoms with Crippen molar-refractivity contribution in [3.8, 4) is 11.4 Å². The zero-order valence-corrected chi connectivity index (χ0v) is 14.7. The van der Waals surface area contributed by atoms with Crippen LogP contribution in [-0.4, -0.2) is 35.7 Å². The average molecular weight is 371 g/mol. The number of halogens is 2. The smallest absolute Gasteiger partial charge is 0.233 e. The van der Waals surface area contributed by atoms with Crippen molar-refractivity contribution in [1.29, 1.82) is 0 Å². The maximum absolute atomic E-state index is 11.6. The first-order valence-electron chi connectivity index (χ1n) is 7.76. The van der Waals surface area contributed by atoms with Gasteiger partial charge in [0.25, 0.3) is 0 Å². The molecule has 130 valence electrons. The summed E-state index contributed by atoms with van der Waals surface area (Å²) in [6, 6.07) is 7.23. The molecule has 0 saturated heterocycles. The van der Waals surface area contributed by atoms with Gasteiger partial charge < -0.3 is 15.2 Å². The van der Waals surface area contributed by atoms with Gasteiger partial charge >= 0.3 is 0 Å². The Labute approximate surface area is 151 Å². The lowest BCUT2D eigenvalue weighted by molar-refractivity contribution is -0.120. The van der Waals surface area contributed by atoms with Crippen LogP contribution < -0.4 is 10.6 Å². The summed E-state index contributed by atoms with van der Waals surface area (Å²) < 4.78 is 5.19. The number of carbonyl (C=O) groups excluding carboxylic acids is 1. The summed E-state index contributed by atoms with van der Waals surface area (Å²) in [5, 5.41) is 10.6. The summed E-state index contributed by atoms with van der Waals surface area (Å²) in [7, 11) is 0. The summed E-state index contributed by atoms with van der Waals surface area (Å²) in [5.41, 5.74) is 0.845. The van der Waals surface area contributed by atoms with E-state index in [1.807, 2.05) is 12.1 Å². The third-order valence-electron chi connectivity index (χ3n) is 3.65. The van der Waals surface area contributed by atoms with Gasteiger partial charge in [-0.05, 0) is 49.6 Å². The third-order valence-corrected chi connectivity index (χ3v) is 3.90. The van der Waals surface area contributed by atoms with Crippen LogP contribution in [-0.2, 0) is 11.2 Å². The summed E-state index contributed by atoms with van der Waals surface area (Å²) in [6.45, 7) is 1.77. The van der Waals surface area contributed by atoms with Crippen LogP contribution in [0.2, 0.25) is 5.02 Å². The van der Waals surface area contributed by atoms with Gasteiger partial charge in [-0.1, -0.05) is 16.8 Å². The Morgan fingerprint density at radius 1 is 1.29 bits per heavy atom. The van der Waals surface area contributed by atoms with E-state index in [4.69, 9.17) is 16.1 Å². The van der Waals surface area contributed by atoms with Gasteiger partial charge in [0, 0.05) is 23.6 Å². The predicted molar refractivity (Wildman–Crippen MR) is 94.3 cm³/mol. The van der Waals surface area contributed by atoms with Gasteiger partial charge in [-0.3, -0.25) is 4.79 Å². The summed E-state index contributed by atoms with van der Waals surface area (Å²) in [4.78, 5) is 16.0. The van der Waals surface area contributed by atoms with Crippen LogP contribution in [0.25, 0.3) is 11.4 Å². The van der Waals surface area contributed by atoms with Gasteiger partial charge in [0.2, 0.25) is 17.6 Å². The second-order valence-electron chi connectivity index (χ2n) is 5.69. The fourth-order valence-corrected chi connectivity index (χ4v) is 2.28. The number of benzene rings is 1. The Morgan fingerprint density at radius 2 is 2.04 bits per heavy atom. The summed E-state index contributed by atoms with van der Waals surface area (Å²) in [6.07, 6.45) is 3.07. The lowest BCUT2D eigenvalue weighted by atomic mass is 10.2. The van der Waals surface area contributed by atoms with Gasteiger partial charge in [-0.2, -0.15) is 4.98 Å². The van der Waals surface area contributed by atoms with Gasteiger partial charge in [-0.15, -0.1) is 12.4 Å². The highest BCUT2D eigenvalue weighted by atomic mass is 35.5. The van der Waals surface area contributed by atoms with Crippen molar-refractivity contribution in [2.45, 2.75) is 19.3 Å². The fourth-order valence-electron chi connectivity index (χ4n) is 2.16. The maximum Gasteiger partial charge on any atom is 0.233 e. The molecule has 8 heteroatoms. The quantitative estimate of drug-likeness (QED) is 0.745. The lowest BCUT2D eigenvalue weighted by Crippen LogP contribution is -2.35. The van der Waals surface area contributed by atoms with Gasteiger partial charge in [0.1, 0.15) is 0 Å². The topological polar surface area (TPSA) is 80.0 Å². The van der Waals surface area contributed by atoms with Gasteiger partial charge in [0.05, 0.1) is 6.54 Å². The molecule has 0 radical (unpaired) electrons. The summed E-state index contributed by atoms with van der Waals surface area (Å²) in [5.74, 6) is 1.78. The van der Waals surface area contributed by atoms with Crippen molar-refractivity contribution in [1.82, 2.24) is 20.8 Å². The minimum absolute atomic E-state index is 0. The molecule has 1 aliphatic rings. The van der Waals surface area contributed by atoms with E-state index < -0.39 is 0 Å². The molecule has 0 unspecified atom stereocenters. The van der Waals surface area contributed by atoms with Crippen LogP contribution in [0.1, 0.15) is 18.7 Å².